The molecule has 0 radical (unpaired) electrons. The molecule has 0 nitrogen and oxygen atoms in total. The minimum absolute atomic E-state index is 0.0556. The van der Waals surface area contributed by atoms with Crippen LogP contribution < -0.4 is 0 Å². The van der Waals surface area contributed by atoms with E-state index in [2.05, 4.69) is 18.8 Å². The summed E-state index contributed by atoms with van der Waals surface area (Å²) in [5.74, 6) is 5.09. The minimum Gasteiger partial charge on any atom is -0.119 e. The van der Waals surface area contributed by atoms with Crippen LogP contribution in [0.5, 0.6) is 0 Å². The molecule has 0 bridgehead atoms. The van der Waals surface area contributed by atoms with E-state index in [1.54, 1.807) is 0 Å². The molecule has 0 aliphatic rings. The Bertz CT molecular complexity index is 106. The largest absolute Gasteiger partial charge is 0.119 e. The summed E-state index contributed by atoms with van der Waals surface area (Å²) in [5, 5.41) is 0. The van der Waals surface area contributed by atoms with Crippen LogP contribution >= 0.6 is 0 Å². The van der Waals surface area contributed by atoms with Crippen molar-refractivity contribution < 1.29 is 0 Å². The highest BCUT2D eigenvalue weighted by atomic mass is 14.0. The Morgan fingerprint density at radius 1 is 1.38 bits per heavy atom. The first-order chi connectivity index (χ1) is 3.85. The van der Waals surface area contributed by atoms with Crippen LogP contribution in [0, 0.1) is 30.6 Å². The van der Waals surface area contributed by atoms with Crippen molar-refractivity contribution in [3.05, 3.63) is 0 Å². The van der Waals surface area contributed by atoms with Crippen molar-refractivity contribution in [1.82, 2.24) is 0 Å². The highest BCUT2D eigenvalue weighted by Gasteiger charge is 1.94. The highest BCUT2D eigenvalue weighted by Crippen LogP contribution is 2.00. The maximum atomic E-state index is 5.08. The van der Waals surface area contributed by atoms with Gasteiger partial charge in [-0.15, -0.1) is 12.8 Å². The molecule has 0 amide bonds. The zero-order valence-corrected chi connectivity index (χ0v) is 5.15. The molecular formula is C8H10. The van der Waals surface area contributed by atoms with Gasteiger partial charge in [-0.25, -0.2) is 0 Å². The standard InChI is InChI=1S/C8H10/c1-4-7-8(5-2)6-3/h2-3,8H,4,7H2,1H3. The fourth-order valence-corrected chi connectivity index (χ4v) is 0.503. The van der Waals surface area contributed by atoms with Crippen LogP contribution in [0.2, 0.25) is 0 Å². The van der Waals surface area contributed by atoms with Gasteiger partial charge < -0.3 is 0 Å². The first-order valence-electron chi connectivity index (χ1n) is 2.77. The Morgan fingerprint density at radius 2 is 1.88 bits per heavy atom. The summed E-state index contributed by atoms with van der Waals surface area (Å²) in [6.07, 6.45) is 12.2. The van der Waals surface area contributed by atoms with E-state index in [-0.39, 0.29) is 5.92 Å². The number of terminal acetylenes is 2. The van der Waals surface area contributed by atoms with Crippen LogP contribution in [-0.4, -0.2) is 0 Å². The monoisotopic (exact) mass is 106 g/mol. The van der Waals surface area contributed by atoms with Crippen LogP contribution in [0.3, 0.4) is 0 Å². The SMILES string of the molecule is C#CC(C#C)CCC. The van der Waals surface area contributed by atoms with Gasteiger partial charge in [0, 0.05) is 0 Å². The van der Waals surface area contributed by atoms with Gasteiger partial charge in [0.25, 0.3) is 0 Å². The molecule has 0 heteroatoms. The van der Waals surface area contributed by atoms with E-state index < -0.39 is 0 Å². The summed E-state index contributed by atoms with van der Waals surface area (Å²) in [4.78, 5) is 0. The van der Waals surface area contributed by atoms with Crippen molar-refractivity contribution in [2.75, 3.05) is 0 Å². The predicted octanol–water partition coefficient (Wildman–Crippen LogP) is 1.67. The molecule has 42 valence electrons. The van der Waals surface area contributed by atoms with Gasteiger partial charge in [-0.05, 0) is 6.42 Å². The van der Waals surface area contributed by atoms with Crippen molar-refractivity contribution in [2.24, 2.45) is 5.92 Å². The van der Waals surface area contributed by atoms with Crippen LogP contribution in [0.1, 0.15) is 19.8 Å². The van der Waals surface area contributed by atoms with Crippen LogP contribution in [0.25, 0.3) is 0 Å². The number of hydrogen-bond acceptors (Lipinski definition) is 0. The Kier molecular flexibility index (Phi) is 3.81. The van der Waals surface area contributed by atoms with Gasteiger partial charge in [-0.1, -0.05) is 25.2 Å². The third-order valence-corrected chi connectivity index (χ3v) is 0.980. The van der Waals surface area contributed by atoms with Crippen molar-refractivity contribution >= 4 is 0 Å². The third-order valence-electron chi connectivity index (χ3n) is 0.980. The van der Waals surface area contributed by atoms with Crippen molar-refractivity contribution in [3.8, 4) is 24.7 Å². The summed E-state index contributed by atoms with van der Waals surface area (Å²) in [5.41, 5.74) is 0. The maximum absolute atomic E-state index is 5.08. The molecule has 0 unspecified atom stereocenters. The molecule has 0 saturated heterocycles. The lowest BCUT2D eigenvalue weighted by Gasteiger charge is -1.95. The molecule has 0 aliphatic carbocycles. The van der Waals surface area contributed by atoms with Gasteiger partial charge in [-0.2, -0.15) is 0 Å². The molecule has 0 atom stereocenters. The predicted molar refractivity (Wildman–Crippen MR) is 36.1 cm³/mol. The fraction of sp³-hybridized carbons (Fsp3) is 0.500. The Morgan fingerprint density at radius 3 is 2.00 bits per heavy atom. The maximum Gasteiger partial charge on any atom is 0.0806 e. The first kappa shape index (κ1) is 7.12. The van der Waals surface area contributed by atoms with Crippen LogP contribution in [0.15, 0.2) is 0 Å². The lowest BCUT2D eigenvalue weighted by atomic mass is 10.1. The molecule has 0 aliphatic heterocycles. The van der Waals surface area contributed by atoms with Crippen molar-refractivity contribution in [2.45, 2.75) is 19.8 Å². The normalized spacial score (nSPS) is 8.00. The Labute approximate surface area is 51.3 Å². The quantitative estimate of drug-likeness (QED) is 0.470. The average molecular weight is 106 g/mol. The third kappa shape index (κ3) is 2.32. The lowest BCUT2D eigenvalue weighted by molar-refractivity contribution is 0.728. The second-order valence-electron chi connectivity index (χ2n) is 1.67. The molecule has 0 aromatic heterocycles. The van der Waals surface area contributed by atoms with Gasteiger partial charge in [-0.3, -0.25) is 0 Å². The van der Waals surface area contributed by atoms with E-state index in [0.717, 1.165) is 12.8 Å². The van der Waals surface area contributed by atoms with Crippen LogP contribution in [-0.2, 0) is 0 Å². The van der Waals surface area contributed by atoms with Crippen molar-refractivity contribution in [1.29, 1.82) is 0 Å². The summed E-state index contributed by atoms with van der Waals surface area (Å²) >= 11 is 0. The molecule has 0 spiro atoms. The van der Waals surface area contributed by atoms with Gasteiger partial charge in [0.15, 0.2) is 0 Å². The molecule has 0 saturated carbocycles. The lowest BCUT2D eigenvalue weighted by Crippen LogP contribution is -1.89. The molecule has 0 heterocycles. The van der Waals surface area contributed by atoms with Gasteiger partial charge in [0.2, 0.25) is 0 Å². The summed E-state index contributed by atoms with van der Waals surface area (Å²) in [7, 11) is 0. The number of rotatable bonds is 2. The van der Waals surface area contributed by atoms with Gasteiger partial charge in [0.1, 0.15) is 0 Å². The molecule has 0 aromatic rings. The Balaban J connectivity index is 3.46. The number of hydrogen-bond donors (Lipinski definition) is 0. The molecule has 0 fully saturated rings. The van der Waals surface area contributed by atoms with E-state index in [0.29, 0.717) is 0 Å². The summed E-state index contributed by atoms with van der Waals surface area (Å²) < 4.78 is 0. The summed E-state index contributed by atoms with van der Waals surface area (Å²) in [6.45, 7) is 2.07. The second kappa shape index (κ2) is 4.28. The molecular weight excluding hydrogens is 96.1 g/mol. The van der Waals surface area contributed by atoms with E-state index >= 15 is 0 Å². The van der Waals surface area contributed by atoms with E-state index in [1.165, 1.54) is 0 Å². The zero-order valence-electron chi connectivity index (χ0n) is 5.15. The first-order valence-corrected chi connectivity index (χ1v) is 2.77. The average Bonchev–Trinajstić information content (AvgIpc) is 1.83. The Hall–Kier alpha value is -0.880. The molecule has 8 heavy (non-hydrogen) atoms. The smallest absolute Gasteiger partial charge is 0.0806 e. The van der Waals surface area contributed by atoms with E-state index in [1.807, 2.05) is 0 Å². The van der Waals surface area contributed by atoms with Gasteiger partial charge >= 0.3 is 0 Å². The molecule has 0 aromatic carbocycles. The molecule has 0 N–H and O–H groups in total. The summed E-state index contributed by atoms with van der Waals surface area (Å²) in [6, 6.07) is 0. The zero-order chi connectivity index (χ0) is 6.41. The van der Waals surface area contributed by atoms with Gasteiger partial charge in [0.05, 0.1) is 5.92 Å². The fourth-order valence-electron chi connectivity index (χ4n) is 0.503. The van der Waals surface area contributed by atoms with Crippen LogP contribution in [0.4, 0.5) is 0 Å². The minimum atomic E-state index is 0.0556. The van der Waals surface area contributed by atoms with E-state index in [4.69, 9.17) is 12.8 Å². The topological polar surface area (TPSA) is 0 Å². The highest BCUT2D eigenvalue weighted by molar-refractivity contribution is 5.09. The van der Waals surface area contributed by atoms with E-state index in [9.17, 15) is 0 Å². The van der Waals surface area contributed by atoms with Crippen molar-refractivity contribution in [3.63, 3.8) is 0 Å². The molecule has 0 rings (SSSR count). The second-order valence-corrected chi connectivity index (χ2v) is 1.67.